The van der Waals surface area contributed by atoms with Crippen LogP contribution in [0.4, 0.5) is 0 Å². The molecule has 1 fully saturated rings. The van der Waals surface area contributed by atoms with E-state index in [9.17, 15) is 9.36 Å². The lowest BCUT2D eigenvalue weighted by molar-refractivity contribution is -0.194. The van der Waals surface area contributed by atoms with Gasteiger partial charge in [0.25, 0.3) is 5.91 Å². The normalized spacial score (nSPS) is 21.1. The third-order valence-electron chi connectivity index (χ3n) is 2.11. The van der Waals surface area contributed by atoms with E-state index < -0.39 is 7.37 Å². The molecule has 1 amide bonds. The van der Waals surface area contributed by atoms with Crippen molar-refractivity contribution in [3.05, 3.63) is 0 Å². The van der Waals surface area contributed by atoms with E-state index >= 15 is 0 Å². The molecular weight excluding hydrogens is 217 g/mol. The number of hydrogen-bond acceptors (Lipinski definition) is 4. The maximum absolute atomic E-state index is 11.7. The second kappa shape index (κ2) is 5.64. The van der Waals surface area contributed by atoms with Crippen LogP contribution in [0.15, 0.2) is 0 Å². The first-order valence-corrected chi connectivity index (χ1v) is 7.45. The van der Waals surface area contributed by atoms with Gasteiger partial charge in [0.15, 0.2) is 0 Å². The number of hydroxylamine groups is 2. The average Bonchev–Trinajstić information content (AvgIpc) is 2.18. The fraction of sp³-hybridized carbons (Fsp3) is 0.889. The van der Waals surface area contributed by atoms with Crippen molar-refractivity contribution in [3.8, 4) is 0 Å². The average molecular weight is 235 g/mol. The Labute approximate surface area is 90.1 Å². The van der Waals surface area contributed by atoms with Gasteiger partial charge in [-0.25, -0.2) is 5.06 Å². The first-order chi connectivity index (χ1) is 7.05. The summed E-state index contributed by atoms with van der Waals surface area (Å²) >= 11 is 0. The van der Waals surface area contributed by atoms with Crippen molar-refractivity contribution in [2.75, 3.05) is 32.6 Å². The number of rotatable bonds is 4. The monoisotopic (exact) mass is 235 g/mol. The van der Waals surface area contributed by atoms with Crippen LogP contribution in [-0.4, -0.2) is 43.6 Å². The van der Waals surface area contributed by atoms with E-state index in [2.05, 4.69) is 0 Å². The topological polar surface area (TPSA) is 55.8 Å². The summed E-state index contributed by atoms with van der Waals surface area (Å²) in [6, 6.07) is 0. The summed E-state index contributed by atoms with van der Waals surface area (Å²) in [6.07, 6.45) is 1.84. The lowest BCUT2D eigenvalue weighted by Gasteiger charge is -2.26. The van der Waals surface area contributed by atoms with Crippen LogP contribution in [0, 0.1) is 0 Å². The lowest BCUT2D eigenvalue weighted by atomic mass is 10.3. The van der Waals surface area contributed by atoms with Crippen molar-refractivity contribution in [2.24, 2.45) is 0 Å². The van der Waals surface area contributed by atoms with Crippen molar-refractivity contribution in [1.29, 1.82) is 0 Å². The molecular formula is C9H18NO4P. The number of hydrogen-bond donors (Lipinski definition) is 0. The van der Waals surface area contributed by atoms with Crippen molar-refractivity contribution in [2.45, 2.75) is 19.8 Å². The van der Waals surface area contributed by atoms with Gasteiger partial charge in [-0.1, -0.05) is 0 Å². The van der Waals surface area contributed by atoms with Crippen LogP contribution in [0.3, 0.4) is 0 Å². The van der Waals surface area contributed by atoms with Gasteiger partial charge in [0.05, 0.1) is 13.2 Å². The molecule has 0 aromatic rings. The maximum Gasteiger partial charge on any atom is 0.255 e. The predicted molar refractivity (Wildman–Crippen MR) is 56.9 cm³/mol. The molecule has 0 aliphatic carbocycles. The molecule has 0 radical (unpaired) electrons. The van der Waals surface area contributed by atoms with Crippen LogP contribution >= 0.6 is 7.37 Å². The summed E-state index contributed by atoms with van der Waals surface area (Å²) in [4.78, 5) is 16.8. The lowest BCUT2D eigenvalue weighted by Crippen LogP contribution is -2.37. The highest BCUT2D eigenvalue weighted by atomic mass is 31.2. The van der Waals surface area contributed by atoms with Crippen LogP contribution in [0.2, 0.25) is 0 Å². The molecule has 1 atom stereocenters. The maximum atomic E-state index is 11.7. The molecule has 6 heteroatoms. The second-order valence-electron chi connectivity index (χ2n) is 3.63. The largest absolute Gasteiger partial charge is 0.329 e. The Hall–Kier alpha value is -0.380. The first-order valence-electron chi connectivity index (χ1n) is 5.19. The quantitative estimate of drug-likeness (QED) is 0.692. The van der Waals surface area contributed by atoms with Gasteiger partial charge in [-0.05, 0) is 19.8 Å². The molecule has 1 unspecified atom stereocenters. The zero-order valence-electron chi connectivity index (χ0n) is 9.27. The zero-order valence-corrected chi connectivity index (χ0v) is 10.2. The molecule has 1 saturated heterocycles. The van der Waals surface area contributed by atoms with E-state index in [1.54, 1.807) is 6.92 Å². The van der Waals surface area contributed by atoms with Crippen molar-refractivity contribution >= 4 is 13.3 Å². The third kappa shape index (κ3) is 4.33. The summed E-state index contributed by atoms with van der Waals surface area (Å²) in [5.41, 5.74) is 0. The molecule has 0 bridgehead atoms. The summed E-state index contributed by atoms with van der Waals surface area (Å²) in [6.45, 7) is 4.76. The molecule has 5 nitrogen and oxygen atoms in total. The van der Waals surface area contributed by atoms with Gasteiger partial charge in [0.1, 0.15) is 6.16 Å². The molecule has 1 aliphatic heterocycles. The fourth-order valence-electron chi connectivity index (χ4n) is 1.44. The van der Waals surface area contributed by atoms with Gasteiger partial charge in [0, 0.05) is 13.2 Å². The highest BCUT2D eigenvalue weighted by molar-refractivity contribution is 7.59. The number of carbonyl (C=O) groups is 1. The summed E-state index contributed by atoms with van der Waals surface area (Å²) in [7, 11) is -2.79. The van der Waals surface area contributed by atoms with E-state index in [1.165, 1.54) is 11.7 Å². The Morgan fingerprint density at radius 2 is 2.27 bits per heavy atom. The molecule has 0 N–H and O–H groups in total. The minimum Gasteiger partial charge on any atom is -0.329 e. The third-order valence-corrected chi connectivity index (χ3v) is 3.75. The standard InChI is InChI=1S/C9H18NO4P/c1-3-14-15(2,12)8-9(11)10-6-4-5-7-13-10/h3-8H2,1-2H3. The summed E-state index contributed by atoms with van der Waals surface area (Å²) in [5, 5.41) is 1.30. The summed E-state index contributed by atoms with van der Waals surface area (Å²) in [5.74, 6) is -0.242. The van der Waals surface area contributed by atoms with Crippen LogP contribution in [0.1, 0.15) is 19.8 Å². The van der Waals surface area contributed by atoms with Crippen LogP contribution in [-0.2, 0) is 18.7 Å². The smallest absolute Gasteiger partial charge is 0.255 e. The Bertz CT molecular complexity index is 263. The fourth-order valence-corrected chi connectivity index (χ4v) is 2.72. The first kappa shape index (κ1) is 12.7. The summed E-state index contributed by atoms with van der Waals surface area (Å²) < 4.78 is 16.8. The Kier molecular flexibility index (Phi) is 4.77. The molecule has 0 aromatic carbocycles. The zero-order chi connectivity index (χ0) is 11.3. The Balaban J connectivity index is 2.43. The van der Waals surface area contributed by atoms with Gasteiger partial charge in [-0.2, -0.15) is 0 Å². The number of nitrogens with zero attached hydrogens (tertiary/aromatic N) is 1. The van der Waals surface area contributed by atoms with E-state index in [-0.39, 0.29) is 12.1 Å². The molecule has 1 rings (SSSR count). The van der Waals surface area contributed by atoms with Gasteiger partial charge >= 0.3 is 0 Å². The highest BCUT2D eigenvalue weighted by Crippen LogP contribution is 2.42. The van der Waals surface area contributed by atoms with Crippen LogP contribution < -0.4 is 0 Å². The van der Waals surface area contributed by atoms with E-state index in [0.29, 0.717) is 19.8 Å². The van der Waals surface area contributed by atoms with E-state index in [1.807, 2.05) is 0 Å². The minimum atomic E-state index is -2.79. The second-order valence-corrected chi connectivity index (χ2v) is 6.23. The van der Waals surface area contributed by atoms with Gasteiger partial charge in [-0.15, -0.1) is 0 Å². The van der Waals surface area contributed by atoms with Gasteiger partial charge < -0.3 is 4.52 Å². The van der Waals surface area contributed by atoms with Crippen LogP contribution in [0.5, 0.6) is 0 Å². The van der Waals surface area contributed by atoms with Gasteiger partial charge in [-0.3, -0.25) is 14.2 Å². The number of carbonyl (C=O) groups excluding carboxylic acids is 1. The molecule has 0 saturated carbocycles. The Morgan fingerprint density at radius 3 is 2.80 bits per heavy atom. The van der Waals surface area contributed by atoms with Crippen molar-refractivity contribution < 1.29 is 18.7 Å². The molecule has 1 aliphatic rings. The van der Waals surface area contributed by atoms with Gasteiger partial charge in [0.2, 0.25) is 7.37 Å². The SMILES string of the molecule is CCOP(C)(=O)CC(=O)N1CCCCO1. The van der Waals surface area contributed by atoms with E-state index in [4.69, 9.17) is 9.36 Å². The number of amides is 1. The molecule has 88 valence electrons. The van der Waals surface area contributed by atoms with Crippen LogP contribution in [0.25, 0.3) is 0 Å². The molecule has 0 aromatic heterocycles. The molecule has 15 heavy (non-hydrogen) atoms. The minimum absolute atomic E-state index is 0.0686. The molecule has 0 spiro atoms. The van der Waals surface area contributed by atoms with Crippen molar-refractivity contribution in [1.82, 2.24) is 5.06 Å². The predicted octanol–water partition coefficient (Wildman–Crippen LogP) is 1.48. The van der Waals surface area contributed by atoms with Crippen molar-refractivity contribution in [3.63, 3.8) is 0 Å². The Morgan fingerprint density at radius 1 is 1.53 bits per heavy atom. The molecule has 1 heterocycles. The highest BCUT2D eigenvalue weighted by Gasteiger charge is 2.26. The van der Waals surface area contributed by atoms with E-state index in [0.717, 1.165) is 12.8 Å².